The molecule has 0 radical (unpaired) electrons. The summed E-state index contributed by atoms with van der Waals surface area (Å²) >= 11 is 5.96. The van der Waals surface area contributed by atoms with Crippen molar-refractivity contribution in [3.8, 4) is 0 Å². The van der Waals surface area contributed by atoms with Crippen molar-refractivity contribution in [1.29, 1.82) is 0 Å². The van der Waals surface area contributed by atoms with Gasteiger partial charge in [-0.2, -0.15) is 0 Å². The van der Waals surface area contributed by atoms with Crippen LogP contribution in [0.4, 0.5) is 11.4 Å². The molecule has 0 heterocycles. The van der Waals surface area contributed by atoms with Crippen molar-refractivity contribution >= 4 is 28.9 Å². The molecule has 0 aliphatic rings. The number of nitro groups is 1. The van der Waals surface area contributed by atoms with Crippen molar-refractivity contribution in [3.63, 3.8) is 0 Å². The summed E-state index contributed by atoms with van der Waals surface area (Å²) in [5.41, 5.74) is 1.66. The number of hydrogen-bond acceptors (Lipinski definition) is 3. The van der Waals surface area contributed by atoms with Crippen LogP contribution >= 0.6 is 11.6 Å². The number of non-ortho nitro benzene ring substituents is 1. The third-order valence-electron chi connectivity index (χ3n) is 3.41. The number of carbonyl (C=O) groups is 1. The molecule has 0 fully saturated rings. The zero-order valence-electron chi connectivity index (χ0n) is 13.1. The monoisotopic (exact) mass is 332 g/mol. The lowest BCUT2D eigenvalue weighted by atomic mass is 9.87. The summed E-state index contributed by atoms with van der Waals surface area (Å²) in [7, 11) is 0. The molecule has 0 saturated carbocycles. The van der Waals surface area contributed by atoms with Crippen molar-refractivity contribution in [1.82, 2.24) is 0 Å². The van der Waals surface area contributed by atoms with Crippen molar-refractivity contribution < 1.29 is 9.72 Å². The molecule has 5 nitrogen and oxygen atoms in total. The summed E-state index contributed by atoms with van der Waals surface area (Å²) in [5, 5.41) is 13.7. The fourth-order valence-electron chi connectivity index (χ4n) is 2.05. The van der Waals surface area contributed by atoms with Crippen molar-refractivity contribution in [2.24, 2.45) is 0 Å². The van der Waals surface area contributed by atoms with Gasteiger partial charge in [-0.3, -0.25) is 14.9 Å². The third-order valence-corrected chi connectivity index (χ3v) is 3.74. The minimum Gasteiger partial charge on any atom is -0.322 e. The molecular weight excluding hydrogens is 316 g/mol. The highest BCUT2D eigenvalue weighted by Crippen LogP contribution is 2.25. The average Bonchev–Trinajstić information content (AvgIpc) is 2.47. The molecule has 0 unspecified atom stereocenters. The quantitative estimate of drug-likeness (QED) is 0.648. The summed E-state index contributed by atoms with van der Waals surface area (Å²) in [6, 6.07) is 11.2. The lowest BCUT2D eigenvalue weighted by Gasteiger charge is -2.19. The molecule has 120 valence electrons. The topological polar surface area (TPSA) is 72.2 Å². The fraction of sp³-hybridized carbons (Fsp3) is 0.235. The first-order valence-electron chi connectivity index (χ1n) is 7.04. The van der Waals surface area contributed by atoms with Crippen molar-refractivity contribution in [3.05, 3.63) is 68.7 Å². The average molecular weight is 333 g/mol. The van der Waals surface area contributed by atoms with E-state index >= 15 is 0 Å². The molecule has 2 rings (SSSR count). The van der Waals surface area contributed by atoms with Crippen LogP contribution in [0.5, 0.6) is 0 Å². The van der Waals surface area contributed by atoms with Gasteiger partial charge in [0.05, 0.1) is 15.5 Å². The van der Waals surface area contributed by atoms with Crippen LogP contribution in [0.1, 0.15) is 36.7 Å². The maximum absolute atomic E-state index is 12.3. The Morgan fingerprint density at radius 3 is 2.26 bits per heavy atom. The Bertz CT molecular complexity index is 749. The Morgan fingerprint density at radius 1 is 1.13 bits per heavy atom. The lowest BCUT2D eigenvalue weighted by molar-refractivity contribution is -0.384. The van der Waals surface area contributed by atoms with Gasteiger partial charge in [0.25, 0.3) is 11.6 Å². The summed E-state index contributed by atoms with van der Waals surface area (Å²) in [6.07, 6.45) is 0. The highest BCUT2D eigenvalue weighted by Gasteiger charge is 2.17. The number of hydrogen-bond donors (Lipinski definition) is 1. The number of nitrogens with one attached hydrogen (secondary N) is 1. The molecular formula is C17H17ClN2O3. The number of nitro benzene ring substituents is 1. The number of amides is 1. The highest BCUT2D eigenvalue weighted by atomic mass is 35.5. The van der Waals surface area contributed by atoms with Gasteiger partial charge in [-0.15, -0.1) is 0 Å². The Morgan fingerprint density at radius 2 is 1.74 bits per heavy atom. The van der Waals surface area contributed by atoms with Gasteiger partial charge in [-0.05, 0) is 29.2 Å². The second-order valence-electron chi connectivity index (χ2n) is 6.20. The van der Waals surface area contributed by atoms with Crippen molar-refractivity contribution in [2.75, 3.05) is 5.32 Å². The van der Waals surface area contributed by atoms with E-state index in [1.807, 2.05) is 12.1 Å². The molecule has 2 aromatic carbocycles. The predicted molar refractivity (Wildman–Crippen MR) is 91.2 cm³/mol. The molecule has 0 aromatic heterocycles. The minimum absolute atomic E-state index is 0.0197. The van der Waals surface area contributed by atoms with E-state index in [1.165, 1.54) is 18.2 Å². The van der Waals surface area contributed by atoms with Crippen LogP contribution in [-0.2, 0) is 5.41 Å². The number of benzene rings is 2. The van der Waals surface area contributed by atoms with Crippen LogP contribution in [-0.4, -0.2) is 10.8 Å². The highest BCUT2D eigenvalue weighted by molar-refractivity contribution is 6.34. The molecule has 1 amide bonds. The van der Waals surface area contributed by atoms with Crippen LogP contribution in [0.25, 0.3) is 0 Å². The van der Waals surface area contributed by atoms with Gasteiger partial charge in [-0.25, -0.2) is 0 Å². The number of rotatable bonds is 3. The zero-order chi connectivity index (χ0) is 17.2. The first-order valence-corrected chi connectivity index (χ1v) is 7.42. The molecule has 0 bridgehead atoms. The minimum atomic E-state index is -0.564. The molecule has 0 aliphatic heterocycles. The second kappa shape index (κ2) is 6.38. The first-order chi connectivity index (χ1) is 10.7. The van der Waals surface area contributed by atoms with E-state index in [9.17, 15) is 14.9 Å². The number of halogens is 1. The second-order valence-corrected chi connectivity index (χ2v) is 6.61. The van der Waals surface area contributed by atoms with E-state index in [0.717, 1.165) is 5.56 Å². The van der Waals surface area contributed by atoms with Gasteiger partial charge in [0.2, 0.25) is 0 Å². The van der Waals surface area contributed by atoms with E-state index in [1.54, 1.807) is 12.1 Å². The normalized spacial score (nSPS) is 11.1. The number of carbonyl (C=O) groups excluding carboxylic acids is 1. The van der Waals surface area contributed by atoms with E-state index in [4.69, 9.17) is 11.6 Å². The zero-order valence-corrected chi connectivity index (χ0v) is 13.8. The van der Waals surface area contributed by atoms with Crippen LogP contribution in [0.3, 0.4) is 0 Å². The van der Waals surface area contributed by atoms with Gasteiger partial charge in [0.1, 0.15) is 0 Å². The van der Waals surface area contributed by atoms with Gasteiger partial charge in [0.15, 0.2) is 0 Å². The lowest BCUT2D eigenvalue weighted by Crippen LogP contribution is -2.14. The van der Waals surface area contributed by atoms with E-state index in [0.29, 0.717) is 5.69 Å². The Labute approximate surface area is 139 Å². The van der Waals surface area contributed by atoms with Crippen LogP contribution in [0, 0.1) is 10.1 Å². The van der Waals surface area contributed by atoms with Gasteiger partial charge in [0, 0.05) is 17.8 Å². The summed E-state index contributed by atoms with van der Waals surface area (Å²) in [4.78, 5) is 22.5. The van der Waals surface area contributed by atoms with Gasteiger partial charge < -0.3 is 5.32 Å². The molecule has 23 heavy (non-hydrogen) atoms. The fourth-order valence-corrected chi connectivity index (χ4v) is 2.26. The largest absolute Gasteiger partial charge is 0.322 e. The molecule has 0 aliphatic carbocycles. The van der Waals surface area contributed by atoms with E-state index < -0.39 is 10.8 Å². The summed E-state index contributed by atoms with van der Waals surface area (Å²) in [5.74, 6) is -0.484. The SMILES string of the molecule is CC(C)(C)c1ccc(NC(=O)c2cc([N+](=O)[O-])ccc2Cl)cc1. The molecule has 2 aromatic rings. The summed E-state index contributed by atoms with van der Waals surface area (Å²) < 4.78 is 0. The third kappa shape index (κ3) is 4.07. The van der Waals surface area contributed by atoms with Crippen LogP contribution in [0.2, 0.25) is 5.02 Å². The Hall–Kier alpha value is -2.40. The van der Waals surface area contributed by atoms with Gasteiger partial charge in [-0.1, -0.05) is 44.5 Å². The van der Waals surface area contributed by atoms with E-state index in [2.05, 4.69) is 26.1 Å². The summed E-state index contributed by atoms with van der Waals surface area (Å²) in [6.45, 7) is 6.30. The maximum Gasteiger partial charge on any atom is 0.270 e. The molecule has 0 saturated heterocycles. The van der Waals surface area contributed by atoms with E-state index in [-0.39, 0.29) is 21.7 Å². The Kier molecular flexibility index (Phi) is 4.71. The molecule has 0 spiro atoms. The predicted octanol–water partition coefficient (Wildman–Crippen LogP) is 4.80. The van der Waals surface area contributed by atoms with Crippen LogP contribution in [0.15, 0.2) is 42.5 Å². The number of nitrogens with zero attached hydrogens (tertiary/aromatic N) is 1. The van der Waals surface area contributed by atoms with Crippen molar-refractivity contribution in [2.45, 2.75) is 26.2 Å². The van der Waals surface area contributed by atoms with Gasteiger partial charge >= 0.3 is 0 Å². The first kappa shape index (κ1) is 17.0. The van der Waals surface area contributed by atoms with Crippen LogP contribution < -0.4 is 5.32 Å². The molecule has 0 atom stereocenters. The molecule has 6 heteroatoms. The maximum atomic E-state index is 12.3. The number of anilines is 1. The standard InChI is InChI=1S/C17H17ClN2O3/c1-17(2,3)11-4-6-12(7-5-11)19-16(21)14-10-13(20(22)23)8-9-15(14)18/h4-10H,1-3H3,(H,19,21). The Balaban J connectivity index is 2.22. The molecule has 1 N–H and O–H groups in total. The smallest absolute Gasteiger partial charge is 0.270 e.